The lowest BCUT2D eigenvalue weighted by Crippen LogP contribution is -2.45. The number of benzene rings is 1. The smallest absolute Gasteiger partial charge is 0.415 e. The van der Waals surface area contributed by atoms with Crippen LogP contribution in [0.15, 0.2) is 30.6 Å². The molecule has 0 spiro atoms. The van der Waals surface area contributed by atoms with Gasteiger partial charge in [0.25, 0.3) is 5.91 Å². The van der Waals surface area contributed by atoms with Crippen molar-refractivity contribution >= 4 is 29.0 Å². The van der Waals surface area contributed by atoms with Gasteiger partial charge in [-0.2, -0.15) is 0 Å². The largest absolute Gasteiger partial charge is 0.497 e. The SMILES string of the molecule is CCNC(=O)[C@@H](OCn1cnc2c(N)nc(CC3CCN(C(=O)Oc4ccc(OC)cc4)CC3)nc21)C(O)CO. The Bertz CT molecular complexity index is 1290. The normalized spacial score (nSPS) is 15.6. The summed E-state index contributed by atoms with van der Waals surface area (Å²) in [4.78, 5) is 39.8. The number of nitrogens with two attached hydrogens (primary N) is 1. The fraction of sp³-hybridized carbons (Fsp3) is 0.500. The van der Waals surface area contributed by atoms with E-state index >= 15 is 0 Å². The number of nitrogen functional groups attached to an aromatic ring is 1. The fourth-order valence-corrected chi connectivity index (χ4v) is 4.48. The summed E-state index contributed by atoms with van der Waals surface area (Å²) in [6, 6.07) is 6.84. The molecule has 0 aliphatic carbocycles. The maximum Gasteiger partial charge on any atom is 0.415 e. The second-order valence-corrected chi connectivity index (χ2v) is 9.45. The molecule has 3 aromatic rings. The number of rotatable bonds is 11. The van der Waals surface area contributed by atoms with Crippen LogP contribution in [0.1, 0.15) is 25.6 Å². The summed E-state index contributed by atoms with van der Waals surface area (Å²) in [5.74, 6) is 1.57. The van der Waals surface area contributed by atoms with Gasteiger partial charge in [0.2, 0.25) is 0 Å². The molecule has 4 rings (SSSR count). The number of amides is 2. The van der Waals surface area contributed by atoms with Crippen LogP contribution in [0, 0.1) is 5.92 Å². The van der Waals surface area contributed by atoms with Crippen LogP contribution in [-0.4, -0.2) is 92.2 Å². The first-order valence-corrected chi connectivity index (χ1v) is 13.1. The molecular formula is C26H35N7O7. The van der Waals surface area contributed by atoms with Crippen LogP contribution in [0.4, 0.5) is 10.6 Å². The molecule has 14 nitrogen and oxygen atoms in total. The zero-order valence-electron chi connectivity index (χ0n) is 22.5. The molecule has 2 aromatic heterocycles. The third-order valence-electron chi connectivity index (χ3n) is 6.68. The number of nitrogens with zero attached hydrogens (tertiary/aromatic N) is 5. The molecule has 1 aliphatic heterocycles. The lowest BCUT2D eigenvalue weighted by atomic mass is 9.93. The van der Waals surface area contributed by atoms with Crippen molar-refractivity contribution in [2.45, 2.75) is 45.1 Å². The van der Waals surface area contributed by atoms with E-state index in [-0.39, 0.29) is 18.5 Å². The molecule has 2 amide bonds. The van der Waals surface area contributed by atoms with Gasteiger partial charge in [0.05, 0.1) is 20.0 Å². The number of fused-ring (bicyclic) bond motifs is 1. The minimum atomic E-state index is -1.39. The van der Waals surface area contributed by atoms with Crippen LogP contribution >= 0.6 is 0 Å². The summed E-state index contributed by atoms with van der Waals surface area (Å²) in [5, 5.41) is 21.9. The van der Waals surface area contributed by atoms with Gasteiger partial charge in [-0.15, -0.1) is 0 Å². The number of aliphatic hydroxyl groups is 2. The van der Waals surface area contributed by atoms with E-state index in [1.807, 2.05) is 0 Å². The topological polar surface area (TPSA) is 187 Å². The number of anilines is 1. The molecule has 5 N–H and O–H groups in total. The quantitative estimate of drug-likeness (QED) is 0.260. The van der Waals surface area contributed by atoms with Crippen LogP contribution in [0.3, 0.4) is 0 Å². The predicted molar refractivity (Wildman–Crippen MR) is 143 cm³/mol. The molecule has 1 unspecified atom stereocenters. The number of hydrogen-bond donors (Lipinski definition) is 4. The van der Waals surface area contributed by atoms with Crippen LogP contribution in [0.5, 0.6) is 11.5 Å². The lowest BCUT2D eigenvalue weighted by molar-refractivity contribution is -0.147. The highest BCUT2D eigenvalue weighted by Crippen LogP contribution is 2.24. The van der Waals surface area contributed by atoms with Crippen LogP contribution in [0.2, 0.25) is 0 Å². The Kier molecular flexibility index (Phi) is 9.69. The Balaban J connectivity index is 1.36. The number of carbonyl (C=O) groups is 2. The molecule has 0 radical (unpaired) electrons. The number of ether oxygens (including phenoxy) is 3. The van der Waals surface area contributed by atoms with Crippen molar-refractivity contribution in [1.29, 1.82) is 0 Å². The second kappa shape index (κ2) is 13.4. The first kappa shape index (κ1) is 29.0. The molecule has 0 bridgehead atoms. The minimum absolute atomic E-state index is 0.153. The highest BCUT2D eigenvalue weighted by Gasteiger charge is 2.28. The molecule has 2 atom stereocenters. The van der Waals surface area contributed by atoms with Crippen LogP contribution < -0.4 is 20.5 Å². The number of piperidine rings is 1. The summed E-state index contributed by atoms with van der Waals surface area (Å²) in [5.41, 5.74) is 6.98. The van der Waals surface area contributed by atoms with Gasteiger partial charge in [-0.05, 0) is 49.9 Å². The average Bonchev–Trinajstić information content (AvgIpc) is 3.37. The standard InChI is InChI=1S/C26H35N7O7/c1-3-28-25(36)22(19(35)13-34)39-15-33-14-29-21-23(27)30-20(31-24(21)33)12-16-8-10-32(11-9-16)26(37)40-18-6-4-17(38-2)5-7-18/h4-7,14,16,19,22,34-35H,3,8-13,15H2,1-2H3,(H,28,36)(H2,27,30,31)/t19?,22-/m0/s1. The summed E-state index contributed by atoms with van der Waals surface area (Å²) >= 11 is 0. The molecule has 1 aliphatic rings. The summed E-state index contributed by atoms with van der Waals surface area (Å²) in [6.45, 7) is 2.38. The first-order valence-electron chi connectivity index (χ1n) is 13.1. The van der Waals surface area contributed by atoms with Crippen molar-refractivity contribution in [1.82, 2.24) is 29.7 Å². The van der Waals surface area contributed by atoms with E-state index in [0.717, 1.165) is 12.8 Å². The highest BCUT2D eigenvalue weighted by atomic mass is 16.6. The number of nitrogens with one attached hydrogen (secondary N) is 1. The van der Waals surface area contributed by atoms with Gasteiger partial charge < -0.3 is 40.4 Å². The monoisotopic (exact) mass is 557 g/mol. The summed E-state index contributed by atoms with van der Waals surface area (Å²) in [7, 11) is 1.57. The Labute approximate surface area is 231 Å². The second-order valence-electron chi connectivity index (χ2n) is 9.45. The van der Waals surface area contributed by atoms with Crippen molar-refractivity contribution in [3.63, 3.8) is 0 Å². The van der Waals surface area contributed by atoms with Gasteiger partial charge in [-0.25, -0.2) is 19.7 Å². The molecule has 216 valence electrons. The molecule has 0 saturated carbocycles. The summed E-state index contributed by atoms with van der Waals surface area (Å²) < 4.78 is 17.8. The zero-order chi connectivity index (χ0) is 28.6. The van der Waals surface area contributed by atoms with Crippen molar-refractivity contribution in [2.24, 2.45) is 5.92 Å². The third kappa shape index (κ3) is 6.94. The Hall–Kier alpha value is -4.01. The van der Waals surface area contributed by atoms with E-state index in [2.05, 4.69) is 20.3 Å². The molecule has 1 saturated heterocycles. The highest BCUT2D eigenvalue weighted by molar-refractivity contribution is 5.82. The Morgan fingerprint density at radius 2 is 1.88 bits per heavy atom. The van der Waals surface area contributed by atoms with Crippen molar-refractivity contribution in [2.75, 3.05) is 39.1 Å². The first-order chi connectivity index (χ1) is 19.3. The Morgan fingerprint density at radius 3 is 2.52 bits per heavy atom. The fourth-order valence-electron chi connectivity index (χ4n) is 4.48. The van der Waals surface area contributed by atoms with Crippen LogP contribution in [0.25, 0.3) is 11.2 Å². The van der Waals surface area contributed by atoms with Crippen molar-refractivity contribution in [3.8, 4) is 11.5 Å². The maximum atomic E-state index is 12.6. The maximum absolute atomic E-state index is 12.6. The van der Waals surface area contributed by atoms with E-state index in [1.165, 1.54) is 6.33 Å². The summed E-state index contributed by atoms with van der Waals surface area (Å²) in [6.07, 6.45) is 0.443. The van der Waals surface area contributed by atoms with Gasteiger partial charge in [-0.3, -0.25) is 9.36 Å². The van der Waals surface area contributed by atoms with E-state index < -0.39 is 30.8 Å². The Morgan fingerprint density at radius 1 is 1.18 bits per heavy atom. The number of likely N-dealkylation sites (N-methyl/N-ethyl adjacent to an activating group) is 1. The van der Waals surface area contributed by atoms with Gasteiger partial charge in [0.15, 0.2) is 17.6 Å². The van der Waals surface area contributed by atoms with Crippen molar-refractivity contribution < 1.29 is 34.0 Å². The van der Waals surface area contributed by atoms with E-state index in [9.17, 15) is 19.8 Å². The third-order valence-corrected chi connectivity index (χ3v) is 6.68. The number of aromatic nitrogens is 4. The average molecular weight is 558 g/mol. The molecule has 14 heteroatoms. The molecule has 3 heterocycles. The zero-order valence-corrected chi connectivity index (χ0v) is 22.5. The van der Waals surface area contributed by atoms with Gasteiger partial charge in [0.1, 0.15) is 35.7 Å². The van der Waals surface area contributed by atoms with E-state index in [4.69, 9.17) is 19.9 Å². The van der Waals surface area contributed by atoms with Crippen molar-refractivity contribution in [3.05, 3.63) is 36.4 Å². The minimum Gasteiger partial charge on any atom is -0.497 e. The van der Waals surface area contributed by atoms with Gasteiger partial charge in [0, 0.05) is 26.1 Å². The number of imidazole rings is 1. The van der Waals surface area contributed by atoms with E-state index in [1.54, 1.807) is 47.8 Å². The number of carbonyl (C=O) groups excluding carboxylic acids is 2. The molecular weight excluding hydrogens is 522 g/mol. The molecule has 40 heavy (non-hydrogen) atoms. The van der Waals surface area contributed by atoms with E-state index in [0.29, 0.717) is 54.5 Å². The van der Waals surface area contributed by atoms with Gasteiger partial charge in [-0.1, -0.05) is 0 Å². The lowest BCUT2D eigenvalue weighted by Gasteiger charge is -2.31. The number of aliphatic hydroxyl groups excluding tert-OH is 2. The number of likely N-dealkylation sites (tertiary alicyclic amines) is 1. The predicted octanol–water partition coefficient (Wildman–Crippen LogP) is 0.703. The number of hydrogen-bond acceptors (Lipinski definition) is 11. The van der Waals surface area contributed by atoms with Crippen LogP contribution in [-0.2, 0) is 22.7 Å². The molecule has 1 aromatic carbocycles. The van der Waals surface area contributed by atoms with Gasteiger partial charge >= 0.3 is 6.09 Å². The molecule has 1 fully saturated rings. The number of methoxy groups -OCH3 is 1.